The highest BCUT2D eigenvalue weighted by Gasteiger charge is 2.96. The van der Waals surface area contributed by atoms with Crippen LogP contribution in [0.15, 0.2) is 23.8 Å². The Morgan fingerprint density at radius 1 is 1.32 bits per heavy atom. The second-order valence-corrected chi connectivity index (χ2v) is 11.8. The maximum atomic E-state index is 13.6. The summed E-state index contributed by atoms with van der Waals surface area (Å²) in [6, 6.07) is -0.888. The van der Waals surface area contributed by atoms with Gasteiger partial charge in [0.15, 0.2) is 0 Å². The van der Waals surface area contributed by atoms with Crippen molar-refractivity contribution in [1.82, 2.24) is 15.3 Å². The molecule has 0 aromatic heterocycles. The van der Waals surface area contributed by atoms with E-state index in [1.807, 2.05) is 6.08 Å². The van der Waals surface area contributed by atoms with Crippen LogP contribution in [0.5, 0.6) is 0 Å². The topological polar surface area (TPSA) is 119 Å². The van der Waals surface area contributed by atoms with Crippen molar-refractivity contribution in [2.45, 2.75) is 69.3 Å². The SMILES string of the molecule is CCOC(=O)C1=CC2C(C=C1)C1C(N2O)C(C)(C)C2CC34C(=O)N5CCCC53C(=O)NC24[C@@H]1O. The molecule has 4 heterocycles. The van der Waals surface area contributed by atoms with Gasteiger partial charge >= 0.3 is 5.97 Å². The summed E-state index contributed by atoms with van der Waals surface area (Å²) in [5.41, 5.74) is -2.87. The summed E-state index contributed by atoms with van der Waals surface area (Å²) >= 11 is 0. The zero-order valence-corrected chi connectivity index (χ0v) is 19.7. The molecule has 9 heteroatoms. The zero-order chi connectivity index (χ0) is 24.0. The van der Waals surface area contributed by atoms with Gasteiger partial charge in [0.05, 0.1) is 29.9 Å². The van der Waals surface area contributed by atoms with Gasteiger partial charge in [-0.3, -0.25) is 9.59 Å². The van der Waals surface area contributed by atoms with Gasteiger partial charge < -0.3 is 25.3 Å². The number of carbonyl (C=O) groups is 3. The quantitative estimate of drug-likeness (QED) is 0.395. The summed E-state index contributed by atoms with van der Waals surface area (Å²) in [5.74, 6) is -1.40. The number of esters is 1. The molecule has 34 heavy (non-hydrogen) atoms. The fraction of sp³-hybridized carbons (Fsp3) is 0.720. The number of rotatable bonds is 2. The molecule has 2 amide bonds. The summed E-state index contributed by atoms with van der Waals surface area (Å²) in [5, 5.41) is 28.0. The lowest BCUT2D eigenvalue weighted by Crippen LogP contribution is -2.92. The molecule has 9 atom stereocenters. The van der Waals surface area contributed by atoms with Crippen LogP contribution in [-0.2, 0) is 19.1 Å². The molecule has 0 aromatic rings. The maximum absolute atomic E-state index is 13.6. The number of nitrogens with zero attached hydrogens (tertiary/aromatic N) is 2. The molecule has 7 aliphatic rings. The molecule has 9 nitrogen and oxygen atoms in total. The van der Waals surface area contributed by atoms with Crippen LogP contribution in [0.25, 0.3) is 0 Å². The van der Waals surface area contributed by atoms with Crippen LogP contribution in [0.1, 0.15) is 40.0 Å². The molecule has 0 bridgehead atoms. The van der Waals surface area contributed by atoms with Crippen molar-refractivity contribution < 1.29 is 29.4 Å². The van der Waals surface area contributed by atoms with Gasteiger partial charge in [-0.15, -0.1) is 0 Å². The minimum atomic E-state index is -1.03. The Bertz CT molecular complexity index is 1110. The zero-order valence-electron chi connectivity index (χ0n) is 19.7. The molecule has 8 unspecified atom stereocenters. The molecule has 4 saturated heterocycles. The Hall–Kier alpha value is -2.23. The van der Waals surface area contributed by atoms with Crippen LogP contribution in [-0.4, -0.2) is 80.5 Å². The molecule has 2 saturated carbocycles. The molecule has 182 valence electrons. The van der Waals surface area contributed by atoms with Crippen molar-refractivity contribution in [1.29, 1.82) is 0 Å². The van der Waals surface area contributed by atoms with Crippen molar-refractivity contribution >= 4 is 17.8 Å². The molecule has 7 rings (SSSR count). The van der Waals surface area contributed by atoms with Gasteiger partial charge in [0.25, 0.3) is 0 Å². The van der Waals surface area contributed by atoms with Crippen molar-refractivity contribution in [3.8, 4) is 0 Å². The highest BCUT2D eigenvalue weighted by atomic mass is 16.5. The number of hydroxylamine groups is 2. The van der Waals surface area contributed by atoms with Crippen LogP contribution in [0.3, 0.4) is 0 Å². The lowest BCUT2D eigenvalue weighted by Gasteiger charge is -2.76. The number of nitrogens with one attached hydrogen (secondary N) is 1. The molecule has 0 radical (unpaired) electrons. The molecule has 4 aliphatic heterocycles. The standard InChI is InChI=1S/C25H31N3O6/c1-4-34-19(30)12-6-7-13-14(10-12)28(33)17-16(13)18(29)25-15(22(17,2)3)11-23(25)21(32)27-9-5-8-24(23,27)20(31)26-25/h6-7,10,13-18,29,33H,4-5,8-9,11H2,1-3H3,(H,26,31)/t13?,14?,15?,16?,17?,18-,23?,24?,25?/m1/s1. The smallest absolute Gasteiger partial charge is 0.337 e. The van der Waals surface area contributed by atoms with E-state index in [1.165, 1.54) is 5.06 Å². The third kappa shape index (κ3) is 1.75. The van der Waals surface area contributed by atoms with Gasteiger partial charge in [-0.1, -0.05) is 26.0 Å². The second kappa shape index (κ2) is 5.94. The molecular formula is C25H31N3O6. The lowest BCUT2D eigenvalue weighted by atomic mass is 9.31. The van der Waals surface area contributed by atoms with E-state index in [2.05, 4.69) is 19.2 Å². The van der Waals surface area contributed by atoms with Crippen LogP contribution in [0.2, 0.25) is 0 Å². The predicted octanol–water partition coefficient (Wildman–Crippen LogP) is 0.371. The van der Waals surface area contributed by atoms with Gasteiger partial charge in [0.2, 0.25) is 11.8 Å². The maximum Gasteiger partial charge on any atom is 0.337 e. The van der Waals surface area contributed by atoms with E-state index in [1.54, 1.807) is 24.0 Å². The summed E-state index contributed by atoms with van der Waals surface area (Å²) < 4.78 is 5.14. The fourth-order valence-electron chi connectivity index (χ4n) is 9.71. The first-order valence-electron chi connectivity index (χ1n) is 12.5. The number of fused-ring (bicyclic) bond motifs is 3. The van der Waals surface area contributed by atoms with E-state index in [0.29, 0.717) is 25.0 Å². The van der Waals surface area contributed by atoms with Gasteiger partial charge in [0.1, 0.15) is 11.0 Å². The van der Waals surface area contributed by atoms with Gasteiger partial charge in [-0.05, 0) is 43.6 Å². The Labute approximate surface area is 197 Å². The Balaban J connectivity index is 1.33. The third-order valence-electron chi connectivity index (χ3n) is 10.8. The number of aliphatic hydroxyl groups excluding tert-OH is 1. The van der Waals surface area contributed by atoms with Gasteiger partial charge in [0, 0.05) is 24.4 Å². The number of hydrogen-bond donors (Lipinski definition) is 3. The molecule has 3 N–H and O–H groups in total. The molecule has 6 fully saturated rings. The number of amides is 2. The number of β-lactam (4-membered cyclic amide) rings is 1. The predicted molar refractivity (Wildman–Crippen MR) is 117 cm³/mol. The van der Waals surface area contributed by atoms with Crippen LogP contribution < -0.4 is 5.32 Å². The summed E-state index contributed by atoms with van der Waals surface area (Å²) in [4.78, 5) is 41.2. The number of carbonyl (C=O) groups excluding carboxylic acids is 3. The molecule has 0 aromatic carbocycles. The van der Waals surface area contributed by atoms with E-state index >= 15 is 0 Å². The minimum absolute atomic E-state index is 0.00743. The van der Waals surface area contributed by atoms with Gasteiger partial charge in [-0.25, -0.2) is 4.79 Å². The molecule has 3 spiro atoms. The Morgan fingerprint density at radius 3 is 2.82 bits per heavy atom. The highest BCUT2D eigenvalue weighted by molar-refractivity contribution is 6.12. The average Bonchev–Trinajstić information content (AvgIpc) is 3.36. The summed E-state index contributed by atoms with van der Waals surface area (Å²) in [7, 11) is 0. The van der Waals surface area contributed by atoms with E-state index in [4.69, 9.17) is 4.74 Å². The van der Waals surface area contributed by atoms with Crippen LogP contribution in [0.4, 0.5) is 0 Å². The fourth-order valence-corrected chi connectivity index (χ4v) is 9.71. The summed E-state index contributed by atoms with van der Waals surface area (Å²) in [6.45, 7) is 6.75. The van der Waals surface area contributed by atoms with Crippen molar-refractivity contribution in [2.75, 3.05) is 13.2 Å². The second-order valence-electron chi connectivity index (χ2n) is 11.8. The van der Waals surface area contributed by atoms with Gasteiger partial charge in [-0.2, -0.15) is 5.06 Å². The highest BCUT2D eigenvalue weighted by Crippen LogP contribution is 2.80. The first-order chi connectivity index (χ1) is 16.1. The normalized spacial score (nSPS) is 51.1. The Kier molecular flexibility index (Phi) is 3.68. The average molecular weight is 470 g/mol. The van der Waals surface area contributed by atoms with E-state index in [0.717, 1.165) is 6.42 Å². The van der Waals surface area contributed by atoms with Crippen molar-refractivity contribution in [3.63, 3.8) is 0 Å². The molecular weight excluding hydrogens is 438 g/mol. The van der Waals surface area contributed by atoms with Crippen molar-refractivity contribution in [3.05, 3.63) is 23.8 Å². The summed E-state index contributed by atoms with van der Waals surface area (Å²) in [6.07, 6.45) is 6.29. The third-order valence-corrected chi connectivity index (χ3v) is 10.8. The first-order valence-corrected chi connectivity index (χ1v) is 12.5. The number of aliphatic hydroxyl groups is 1. The van der Waals surface area contributed by atoms with E-state index in [9.17, 15) is 24.7 Å². The molecule has 3 aliphatic carbocycles. The van der Waals surface area contributed by atoms with E-state index < -0.39 is 52.0 Å². The largest absolute Gasteiger partial charge is 0.462 e. The first kappa shape index (κ1) is 21.1. The number of hydrogen-bond acceptors (Lipinski definition) is 7. The van der Waals surface area contributed by atoms with Crippen LogP contribution >= 0.6 is 0 Å². The van der Waals surface area contributed by atoms with Crippen molar-refractivity contribution in [2.24, 2.45) is 28.6 Å². The monoisotopic (exact) mass is 469 g/mol. The lowest BCUT2D eigenvalue weighted by molar-refractivity contribution is -0.296. The van der Waals surface area contributed by atoms with Crippen LogP contribution in [0, 0.1) is 28.6 Å². The Morgan fingerprint density at radius 2 is 2.09 bits per heavy atom. The number of ether oxygens (including phenoxy) is 1. The van der Waals surface area contributed by atoms with E-state index in [-0.39, 0.29) is 30.3 Å². The minimum Gasteiger partial charge on any atom is -0.462 e.